The predicted molar refractivity (Wildman–Crippen MR) is 118 cm³/mol. The van der Waals surface area contributed by atoms with Crippen molar-refractivity contribution in [3.8, 4) is 0 Å². The van der Waals surface area contributed by atoms with E-state index < -0.39 is 0 Å². The molecule has 8 heteroatoms. The molecule has 8 nitrogen and oxygen atoms in total. The maximum atomic E-state index is 12.8. The van der Waals surface area contributed by atoms with Crippen molar-refractivity contribution in [2.45, 2.75) is 70.7 Å². The van der Waals surface area contributed by atoms with E-state index in [1.807, 2.05) is 22.9 Å². The number of nitrogens with one attached hydrogen (secondary N) is 1. The molecule has 3 aromatic rings. The first kappa shape index (κ1) is 20.3. The second-order valence-corrected chi connectivity index (χ2v) is 9.00. The number of fused-ring (bicyclic) bond motifs is 1. The maximum absolute atomic E-state index is 12.8. The van der Waals surface area contributed by atoms with E-state index in [1.54, 1.807) is 0 Å². The zero-order chi connectivity index (χ0) is 21.2. The summed E-state index contributed by atoms with van der Waals surface area (Å²) in [5, 5.41) is 13.6. The van der Waals surface area contributed by atoms with Crippen LogP contribution in [0.15, 0.2) is 29.1 Å². The molecular formula is C23H30N6O2. The van der Waals surface area contributed by atoms with Crippen molar-refractivity contribution < 1.29 is 4.74 Å². The molecule has 1 N–H and O–H groups in total. The first-order valence-corrected chi connectivity index (χ1v) is 11.4. The van der Waals surface area contributed by atoms with Gasteiger partial charge in [0.2, 0.25) is 0 Å². The lowest BCUT2D eigenvalue weighted by Crippen LogP contribution is -2.34. The molecule has 1 saturated carbocycles. The van der Waals surface area contributed by atoms with Gasteiger partial charge in [-0.25, -0.2) is 4.68 Å². The Bertz CT molecular complexity index is 1090. The molecule has 1 saturated heterocycles. The average molecular weight is 423 g/mol. The van der Waals surface area contributed by atoms with Crippen LogP contribution in [-0.2, 0) is 17.8 Å². The molecule has 1 aliphatic carbocycles. The Labute approximate surface area is 181 Å². The van der Waals surface area contributed by atoms with Crippen molar-refractivity contribution in [3.63, 3.8) is 0 Å². The highest BCUT2D eigenvalue weighted by molar-refractivity contribution is 5.79. The van der Waals surface area contributed by atoms with Gasteiger partial charge in [0.05, 0.1) is 18.7 Å². The molecule has 0 radical (unpaired) electrons. The molecular weight excluding hydrogens is 392 g/mol. The summed E-state index contributed by atoms with van der Waals surface area (Å²) in [6.07, 6.45) is 7.06. The first-order chi connectivity index (χ1) is 15.2. The maximum Gasteiger partial charge on any atom is 0.252 e. The highest BCUT2D eigenvalue weighted by Gasteiger charge is 2.25. The molecule has 164 valence electrons. The van der Waals surface area contributed by atoms with Gasteiger partial charge in [0.1, 0.15) is 0 Å². The number of H-pyrrole nitrogens is 1. The average Bonchev–Trinajstić information content (AvgIpc) is 3.51. The van der Waals surface area contributed by atoms with Crippen molar-refractivity contribution in [1.82, 2.24) is 30.1 Å². The SMILES string of the molecule is Cc1ccc2[nH]c(=O)c(CN(Cc3nnnn3C3CCCC3)CC3CCCO3)cc2c1. The lowest BCUT2D eigenvalue weighted by atomic mass is 10.1. The van der Waals surface area contributed by atoms with Gasteiger partial charge in [-0.15, -0.1) is 5.10 Å². The number of aromatic nitrogens is 5. The van der Waals surface area contributed by atoms with Gasteiger partial charge in [0.15, 0.2) is 5.82 Å². The van der Waals surface area contributed by atoms with E-state index >= 15 is 0 Å². The minimum atomic E-state index is -0.0379. The fourth-order valence-electron chi connectivity index (χ4n) is 4.94. The van der Waals surface area contributed by atoms with Gasteiger partial charge in [-0.2, -0.15) is 0 Å². The summed E-state index contributed by atoms with van der Waals surface area (Å²) in [5.41, 5.74) is 2.77. The molecule has 2 aliphatic rings. The summed E-state index contributed by atoms with van der Waals surface area (Å²) in [7, 11) is 0. The molecule has 1 aliphatic heterocycles. The largest absolute Gasteiger partial charge is 0.377 e. The van der Waals surface area contributed by atoms with Crippen LogP contribution in [0.25, 0.3) is 10.9 Å². The number of tetrazole rings is 1. The number of aromatic amines is 1. The summed E-state index contributed by atoms with van der Waals surface area (Å²) in [5.74, 6) is 0.873. The smallest absolute Gasteiger partial charge is 0.252 e. The van der Waals surface area contributed by atoms with Crippen molar-refractivity contribution in [1.29, 1.82) is 0 Å². The van der Waals surface area contributed by atoms with Crippen LogP contribution in [-0.4, -0.2) is 49.3 Å². The second-order valence-electron chi connectivity index (χ2n) is 9.00. The normalized spacial score (nSPS) is 19.7. The van der Waals surface area contributed by atoms with Crippen LogP contribution in [0.2, 0.25) is 0 Å². The third-order valence-electron chi connectivity index (χ3n) is 6.55. The Morgan fingerprint density at radius 2 is 2.03 bits per heavy atom. The van der Waals surface area contributed by atoms with Gasteiger partial charge < -0.3 is 9.72 Å². The molecule has 1 aromatic carbocycles. The van der Waals surface area contributed by atoms with E-state index in [-0.39, 0.29) is 11.7 Å². The monoisotopic (exact) mass is 422 g/mol. The fourth-order valence-corrected chi connectivity index (χ4v) is 4.94. The standard InChI is InChI=1S/C23H30N6O2/c1-16-8-9-21-17(11-16)12-18(23(30)24-21)13-28(14-20-7-4-10-31-20)15-22-25-26-27-29(22)19-5-2-3-6-19/h8-9,11-12,19-20H,2-7,10,13-15H2,1H3,(H,24,30). The van der Waals surface area contributed by atoms with Crippen LogP contribution >= 0.6 is 0 Å². The topological polar surface area (TPSA) is 88.9 Å². The number of hydrogen-bond acceptors (Lipinski definition) is 6. The number of aryl methyl sites for hydroxylation is 1. The van der Waals surface area contributed by atoms with Gasteiger partial charge in [0, 0.05) is 30.8 Å². The number of pyridine rings is 1. The van der Waals surface area contributed by atoms with Crippen LogP contribution in [0, 0.1) is 6.92 Å². The summed E-state index contributed by atoms with van der Waals surface area (Å²) in [6.45, 7) is 4.79. The Morgan fingerprint density at radius 1 is 1.16 bits per heavy atom. The highest BCUT2D eigenvalue weighted by atomic mass is 16.5. The van der Waals surface area contributed by atoms with E-state index in [0.29, 0.717) is 19.1 Å². The zero-order valence-corrected chi connectivity index (χ0v) is 18.1. The Kier molecular flexibility index (Phi) is 5.82. The van der Waals surface area contributed by atoms with E-state index in [2.05, 4.69) is 38.4 Å². The predicted octanol–water partition coefficient (Wildman–Crippen LogP) is 3.12. The molecule has 31 heavy (non-hydrogen) atoms. The lowest BCUT2D eigenvalue weighted by molar-refractivity contribution is 0.0661. The number of ether oxygens (including phenoxy) is 1. The van der Waals surface area contributed by atoms with E-state index in [1.165, 1.54) is 18.4 Å². The van der Waals surface area contributed by atoms with Crippen LogP contribution in [0.3, 0.4) is 0 Å². The summed E-state index contributed by atoms with van der Waals surface area (Å²) in [4.78, 5) is 18.1. The molecule has 2 fully saturated rings. The third-order valence-corrected chi connectivity index (χ3v) is 6.55. The van der Waals surface area contributed by atoms with Crippen LogP contribution in [0.1, 0.15) is 61.5 Å². The van der Waals surface area contributed by atoms with E-state index in [9.17, 15) is 4.79 Å². The summed E-state index contributed by atoms with van der Waals surface area (Å²) < 4.78 is 7.90. The van der Waals surface area contributed by atoms with Crippen LogP contribution < -0.4 is 5.56 Å². The van der Waals surface area contributed by atoms with Crippen molar-refractivity contribution in [2.24, 2.45) is 0 Å². The fraction of sp³-hybridized carbons (Fsp3) is 0.565. The van der Waals surface area contributed by atoms with Gasteiger partial charge in [-0.3, -0.25) is 9.69 Å². The number of rotatable bonds is 7. The lowest BCUT2D eigenvalue weighted by Gasteiger charge is -2.25. The summed E-state index contributed by atoms with van der Waals surface area (Å²) >= 11 is 0. The molecule has 0 amide bonds. The molecule has 3 heterocycles. The first-order valence-electron chi connectivity index (χ1n) is 11.4. The molecule has 5 rings (SSSR count). The molecule has 2 aromatic heterocycles. The second kappa shape index (κ2) is 8.88. The van der Waals surface area contributed by atoms with Gasteiger partial charge in [-0.1, -0.05) is 24.5 Å². The molecule has 0 bridgehead atoms. The summed E-state index contributed by atoms with van der Waals surface area (Å²) in [6, 6.07) is 8.51. The van der Waals surface area contributed by atoms with Crippen molar-refractivity contribution >= 4 is 10.9 Å². The number of nitrogens with zero attached hydrogens (tertiary/aromatic N) is 5. The van der Waals surface area contributed by atoms with Crippen molar-refractivity contribution in [2.75, 3.05) is 13.2 Å². The third kappa shape index (κ3) is 4.55. The Hall–Kier alpha value is -2.58. The van der Waals surface area contributed by atoms with E-state index in [0.717, 1.165) is 61.1 Å². The number of benzene rings is 1. The highest BCUT2D eigenvalue weighted by Crippen LogP contribution is 2.29. The van der Waals surface area contributed by atoms with Crippen LogP contribution in [0.4, 0.5) is 0 Å². The minimum Gasteiger partial charge on any atom is -0.377 e. The Morgan fingerprint density at radius 3 is 2.84 bits per heavy atom. The van der Waals surface area contributed by atoms with Gasteiger partial charge >= 0.3 is 0 Å². The Balaban J connectivity index is 1.41. The number of hydrogen-bond donors (Lipinski definition) is 1. The molecule has 0 spiro atoms. The van der Waals surface area contributed by atoms with Gasteiger partial charge in [-0.05, 0) is 66.6 Å². The molecule has 1 atom stereocenters. The molecule has 1 unspecified atom stereocenters. The van der Waals surface area contributed by atoms with Gasteiger partial charge in [0.25, 0.3) is 5.56 Å². The van der Waals surface area contributed by atoms with E-state index in [4.69, 9.17) is 4.74 Å². The zero-order valence-electron chi connectivity index (χ0n) is 18.1. The van der Waals surface area contributed by atoms with Crippen molar-refractivity contribution in [3.05, 3.63) is 51.6 Å². The van der Waals surface area contributed by atoms with Crippen LogP contribution in [0.5, 0.6) is 0 Å². The quantitative estimate of drug-likeness (QED) is 0.629. The minimum absolute atomic E-state index is 0.0379.